The van der Waals surface area contributed by atoms with Gasteiger partial charge in [0.15, 0.2) is 6.08 Å². The normalized spacial score (nSPS) is 22.4. The van der Waals surface area contributed by atoms with Crippen molar-refractivity contribution >= 4 is 11.7 Å². The summed E-state index contributed by atoms with van der Waals surface area (Å²) in [5, 5.41) is 20.1. The lowest BCUT2D eigenvalue weighted by Gasteiger charge is -2.16. The minimum Gasteiger partial charge on any atom is -0.550 e. The Hall–Kier alpha value is -2.16. The summed E-state index contributed by atoms with van der Waals surface area (Å²) in [6.07, 6.45) is 8.92. The van der Waals surface area contributed by atoms with E-state index in [0.29, 0.717) is 0 Å². The first kappa shape index (κ1) is 12.3. The molecule has 0 bridgehead atoms. The van der Waals surface area contributed by atoms with Gasteiger partial charge in [-0.05, 0) is 13.0 Å². The van der Waals surface area contributed by atoms with Crippen LogP contribution in [0.2, 0.25) is 0 Å². The van der Waals surface area contributed by atoms with Crippen LogP contribution in [-0.4, -0.2) is 17.2 Å². The van der Waals surface area contributed by atoms with Crippen molar-refractivity contribution in [3.05, 3.63) is 54.1 Å². The topological polar surface area (TPSA) is 63.6 Å². The van der Waals surface area contributed by atoms with Crippen molar-refractivity contribution in [3.63, 3.8) is 0 Å². The molecular formula is C14H13NO3. The van der Waals surface area contributed by atoms with Crippen LogP contribution in [0.5, 0.6) is 0 Å². The predicted octanol–water partition coefficient (Wildman–Crippen LogP) is 1.03. The van der Waals surface area contributed by atoms with Gasteiger partial charge in [0.2, 0.25) is 0 Å². The van der Waals surface area contributed by atoms with Crippen molar-refractivity contribution in [1.82, 2.24) is 0 Å². The molecule has 1 heterocycles. The van der Waals surface area contributed by atoms with Crippen LogP contribution in [0.1, 0.15) is 18.4 Å². The van der Waals surface area contributed by atoms with Crippen LogP contribution in [-0.2, 0) is 4.79 Å². The van der Waals surface area contributed by atoms with Gasteiger partial charge in [0.25, 0.3) is 0 Å². The molecule has 1 N–H and O–H groups in total. The summed E-state index contributed by atoms with van der Waals surface area (Å²) >= 11 is 0. The average molecular weight is 243 g/mol. The minimum atomic E-state index is -1.08. The van der Waals surface area contributed by atoms with Crippen molar-refractivity contribution in [2.45, 2.75) is 18.9 Å². The number of nitrogens with zero attached hydrogens (tertiary/aromatic N) is 1. The largest absolute Gasteiger partial charge is 0.550 e. The van der Waals surface area contributed by atoms with Gasteiger partial charge in [0.05, 0.1) is 29.8 Å². The zero-order chi connectivity index (χ0) is 13.1. The van der Waals surface area contributed by atoms with Gasteiger partial charge in [0, 0.05) is 11.5 Å². The van der Waals surface area contributed by atoms with E-state index in [9.17, 15) is 5.21 Å². The zero-order valence-corrected chi connectivity index (χ0v) is 9.91. The third-order valence-corrected chi connectivity index (χ3v) is 2.86. The number of para-hydroxylation sites is 1. The molecule has 2 unspecified atom stereocenters. The minimum absolute atomic E-state index is 0.0254. The maximum Gasteiger partial charge on any atom is 0.155 e. The van der Waals surface area contributed by atoms with Gasteiger partial charge in [0.1, 0.15) is 6.04 Å². The van der Waals surface area contributed by atoms with E-state index in [1.807, 2.05) is 30.4 Å². The van der Waals surface area contributed by atoms with Gasteiger partial charge in [-0.3, -0.25) is 5.21 Å². The number of allylic oxidation sites excluding steroid dienone is 2. The SMILES string of the molecule is CC(=O)[O-].ON1c2ccccc2C2C=C[C+]=CC21. The van der Waals surface area contributed by atoms with Crippen molar-refractivity contribution in [3.8, 4) is 0 Å². The Balaban J connectivity index is 0.000000267. The van der Waals surface area contributed by atoms with Crippen molar-refractivity contribution < 1.29 is 15.1 Å². The van der Waals surface area contributed by atoms with Gasteiger partial charge in [-0.2, -0.15) is 0 Å². The number of rotatable bonds is 0. The summed E-state index contributed by atoms with van der Waals surface area (Å²) < 4.78 is 0. The molecular weight excluding hydrogens is 230 g/mol. The number of anilines is 1. The van der Waals surface area contributed by atoms with E-state index in [1.54, 1.807) is 0 Å². The van der Waals surface area contributed by atoms with E-state index < -0.39 is 5.97 Å². The van der Waals surface area contributed by atoms with Crippen LogP contribution in [0.3, 0.4) is 0 Å². The summed E-state index contributed by atoms with van der Waals surface area (Å²) in [5.74, 6) is -0.808. The van der Waals surface area contributed by atoms with E-state index in [1.165, 1.54) is 10.6 Å². The Morgan fingerprint density at radius 2 is 2.11 bits per heavy atom. The molecule has 0 amide bonds. The zero-order valence-electron chi connectivity index (χ0n) is 9.91. The predicted molar refractivity (Wildman–Crippen MR) is 64.9 cm³/mol. The molecule has 0 fully saturated rings. The summed E-state index contributed by atoms with van der Waals surface area (Å²) in [5.41, 5.74) is 2.10. The fourth-order valence-corrected chi connectivity index (χ4v) is 2.18. The highest BCUT2D eigenvalue weighted by Crippen LogP contribution is 2.41. The first-order valence-corrected chi connectivity index (χ1v) is 5.62. The standard InChI is InChI=1S/C12H10NO.C2H4O2/c14-13-11-7-3-1-5-9(11)10-6-2-4-8-12(10)13;1-2(3)4/h1-3,5-8,10,12,14H;1H3,(H,3,4)/q+1;/p-1. The molecule has 0 aromatic heterocycles. The molecule has 2 aliphatic rings. The van der Waals surface area contributed by atoms with Gasteiger partial charge in [-0.25, -0.2) is 5.06 Å². The number of carbonyl (C=O) groups excluding carboxylic acids is 1. The monoisotopic (exact) mass is 243 g/mol. The molecule has 4 heteroatoms. The molecule has 1 aliphatic heterocycles. The van der Waals surface area contributed by atoms with Crippen LogP contribution in [0.4, 0.5) is 5.69 Å². The number of aliphatic carboxylic acids is 1. The highest BCUT2D eigenvalue weighted by atomic mass is 16.5. The first-order valence-electron chi connectivity index (χ1n) is 5.62. The van der Waals surface area contributed by atoms with Crippen molar-refractivity contribution in [1.29, 1.82) is 0 Å². The third-order valence-electron chi connectivity index (χ3n) is 2.86. The fourth-order valence-electron chi connectivity index (χ4n) is 2.18. The lowest BCUT2D eigenvalue weighted by Crippen LogP contribution is -2.29. The van der Waals surface area contributed by atoms with E-state index in [4.69, 9.17) is 9.90 Å². The molecule has 4 nitrogen and oxygen atoms in total. The number of benzene rings is 1. The highest BCUT2D eigenvalue weighted by molar-refractivity contribution is 5.62. The molecule has 1 aromatic carbocycles. The van der Waals surface area contributed by atoms with Gasteiger partial charge >= 0.3 is 0 Å². The number of hydrogen-bond acceptors (Lipinski definition) is 4. The Kier molecular flexibility index (Phi) is 3.42. The Bertz CT molecular complexity index is 504. The van der Waals surface area contributed by atoms with Gasteiger partial charge < -0.3 is 9.90 Å². The van der Waals surface area contributed by atoms with E-state index >= 15 is 0 Å². The average Bonchev–Trinajstić information content (AvgIpc) is 2.64. The fraction of sp³-hybridized carbons (Fsp3) is 0.214. The number of carboxylic acids is 1. The summed E-state index contributed by atoms with van der Waals surface area (Å²) in [6, 6.07) is 7.97. The molecule has 0 radical (unpaired) electrons. The molecule has 0 saturated heterocycles. The summed E-state index contributed by atoms with van der Waals surface area (Å²) in [4.78, 5) is 8.89. The number of hydrogen-bond donors (Lipinski definition) is 1. The van der Waals surface area contributed by atoms with Crippen molar-refractivity contribution in [2.75, 3.05) is 5.06 Å². The van der Waals surface area contributed by atoms with E-state index in [-0.39, 0.29) is 12.0 Å². The molecule has 1 aromatic rings. The second-order valence-electron chi connectivity index (χ2n) is 4.10. The summed E-state index contributed by atoms with van der Waals surface area (Å²) in [6.45, 7) is 0.972. The lowest BCUT2D eigenvalue weighted by atomic mass is 9.92. The Labute approximate surface area is 105 Å². The van der Waals surface area contributed by atoms with Crippen LogP contribution >= 0.6 is 0 Å². The maximum absolute atomic E-state index is 9.90. The lowest BCUT2D eigenvalue weighted by molar-refractivity contribution is -0.302. The Morgan fingerprint density at radius 3 is 2.83 bits per heavy atom. The van der Waals surface area contributed by atoms with E-state index in [2.05, 4.69) is 18.2 Å². The summed E-state index contributed by atoms with van der Waals surface area (Å²) in [7, 11) is 0. The molecule has 3 rings (SSSR count). The molecule has 0 spiro atoms. The maximum atomic E-state index is 9.90. The molecule has 0 saturated carbocycles. The van der Waals surface area contributed by atoms with Gasteiger partial charge in [-0.15, -0.1) is 0 Å². The molecule has 2 atom stereocenters. The third kappa shape index (κ3) is 2.25. The van der Waals surface area contributed by atoms with Crippen LogP contribution in [0, 0.1) is 6.08 Å². The van der Waals surface area contributed by atoms with Crippen LogP contribution < -0.4 is 10.2 Å². The van der Waals surface area contributed by atoms with Crippen molar-refractivity contribution in [2.24, 2.45) is 0 Å². The number of carboxylic acid groups (broad SMARTS) is 1. The van der Waals surface area contributed by atoms with Crippen LogP contribution in [0.15, 0.2) is 42.5 Å². The number of hydroxylamine groups is 1. The second-order valence-corrected chi connectivity index (χ2v) is 4.10. The molecule has 18 heavy (non-hydrogen) atoms. The number of fused-ring (bicyclic) bond motifs is 3. The molecule has 92 valence electrons. The molecule has 1 aliphatic carbocycles. The van der Waals surface area contributed by atoms with Gasteiger partial charge in [-0.1, -0.05) is 18.2 Å². The van der Waals surface area contributed by atoms with E-state index in [0.717, 1.165) is 12.6 Å². The first-order chi connectivity index (χ1) is 8.61. The smallest absolute Gasteiger partial charge is 0.155 e. The highest BCUT2D eigenvalue weighted by Gasteiger charge is 2.40. The quantitative estimate of drug-likeness (QED) is 0.691. The second kappa shape index (κ2) is 5.00. The van der Waals surface area contributed by atoms with Crippen LogP contribution in [0.25, 0.3) is 0 Å². The Morgan fingerprint density at radius 1 is 1.44 bits per heavy atom. The number of carbonyl (C=O) groups is 1.